The predicted molar refractivity (Wildman–Crippen MR) is 117 cm³/mol. The van der Waals surface area contributed by atoms with Crippen molar-refractivity contribution >= 4 is 5.97 Å². The van der Waals surface area contributed by atoms with Gasteiger partial charge in [-0.3, -0.25) is 0 Å². The molecule has 0 unspecified atom stereocenters. The summed E-state index contributed by atoms with van der Waals surface area (Å²) in [4.78, 5) is 12.7. The number of hydrogen-bond donors (Lipinski definition) is 1. The van der Waals surface area contributed by atoms with E-state index in [1.54, 1.807) is 4.68 Å². The lowest BCUT2D eigenvalue weighted by molar-refractivity contribution is -0.148. The van der Waals surface area contributed by atoms with E-state index < -0.39 is 18.2 Å². The second-order valence-electron chi connectivity index (χ2n) is 8.27. The predicted octanol–water partition coefficient (Wildman–Crippen LogP) is 3.09. The Morgan fingerprint density at radius 2 is 1.64 bits per heavy atom. The van der Waals surface area contributed by atoms with Gasteiger partial charge in [0.15, 0.2) is 11.9 Å². The summed E-state index contributed by atoms with van der Waals surface area (Å²) in [5, 5.41) is 19.2. The molecule has 1 N–H and O–H groups in total. The van der Waals surface area contributed by atoms with E-state index in [1.807, 2.05) is 66.9 Å². The Balaban J connectivity index is 1.34. The number of aliphatic hydroxyl groups excluding tert-OH is 1. The molecule has 1 aliphatic carbocycles. The number of nitrogens with zero attached hydrogens (tertiary/aromatic N) is 3. The number of rotatable bonds is 10. The molecule has 1 fully saturated rings. The standard InChI is InChI=1S/C25H25N3O5/c29-21(14-28-13-20(26-27-28)19-11-12-19)22-23(31-15-17-7-3-1-4-8-17)24(25(30)33-22)32-16-18-9-5-2-6-10-18/h1-10,13,19,21-22,29H,11-12,14-16H2/t21-,22+/m0/s1. The van der Waals surface area contributed by atoms with E-state index in [-0.39, 0.29) is 31.3 Å². The Bertz CT molecular complexity index is 1130. The molecule has 0 bridgehead atoms. The highest BCUT2D eigenvalue weighted by molar-refractivity contribution is 5.89. The first-order valence-corrected chi connectivity index (χ1v) is 11.0. The third-order valence-electron chi connectivity index (χ3n) is 5.64. The lowest BCUT2D eigenvalue weighted by atomic mass is 10.1. The van der Waals surface area contributed by atoms with Crippen molar-refractivity contribution in [2.24, 2.45) is 0 Å². The minimum atomic E-state index is -1.08. The summed E-state index contributed by atoms with van der Waals surface area (Å²) in [6.07, 6.45) is 1.98. The molecule has 8 heteroatoms. The van der Waals surface area contributed by atoms with Gasteiger partial charge < -0.3 is 19.3 Å². The van der Waals surface area contributed by atoms with Crippen LogP contribution in [0.5, 0.6) is 0 Å². The fraction of sp³-hybridized carbons (Fsp3) is 0.320. The van der Waals surface area contributed by atoms with Crippen LogP contribution >= 0.6 is 0 Å². The molecule has 0 radical (unpaired) electrons. The molecular formula is C25H25N3O5. The van der Waals surface area contributed by atoms with Crippen LogP contribution in [0.4, 0.5) is 0 Å². The molecular weight excluding hydrogens is 422 g/mol. The second-order valence-corrected chi connectivity index (χ2v) is 8.27. The number of carbonyl (C=O) groups excluding carboxylic acids is 1. The van der Waals surface area contributed by atoms with Crippen LogP contribution in [0.25, 0.3) is 0 Å². The second kappa shape index (κ2) is 9.46. The number of cyclic esters (lactones) is 1. The zero-order valence-electron chi connectivity index (χ0n) is 18.0. The average molecular weight is 447 g/mol. The monoisotopic (exact) mass is 447 g/mol. The Morgan fingerprint density at radius 3 is 2.27 bits per heavy atom. The van der Waals surface area contributed by atoms with Gasteiger partial charge in [-0.15, -0.1) is 5.10 Å². The van der Waals surface area contributed by atoms with Crippen LogP contribution in [0.15, 0.2) is 78.4 Å². The minimum Gasteiger partial charge on any atom is -0.485 e. The molecule has 0 spiro atoms. The highest BCUT2D eigenvalue weighted by Crippen LogP contribution is 2.38. The molecule has 0 amide bonds. The lowest BCUT2D eigenvalue weighted by Gasteiger charge is -2.20. The Hall–Kier alpha value is -3.65. The SMILES string of the molecule is O=C1O[C@H]([C@@H](O)Cn2cc(C3CC3)nn2)C(OCc2ccccc2)=C1OCc1ccccc1. The molecule has 3 aromatic rings. The zero-order chi connectivity index (χ0) is 22.6. The molecule has 2 aromatic carbocycles. The topological polar surface area (TPSA) is 95.7 Å². The maximum Gasteiger partial charge on any atom is 0.378 e. The van der Waals surface area contributed by atoms with Crippen LogP contribution in [-0.4, -0.2) is 38.3 Å². The van der Waals surface area contributed by atoms with Gasteiger partial charge in [-0.2, -0.15) is 0 Å². The maximum absolute atomic E-state index is 12.7. The van der Waals surface area contributed by atoms with Gasteiger partial charge in [-0.1, -0.05) is 65.9 Å². The first kappa shape index (κ1) is 21.2. The third kappa shape index (κ3) is 5.06. The molecule has 2 atom stereocenters. The van der Waals surface area contributed by atoms with Crippen molar-refractivity contribution in [2.75, 3.05) is 0 Å². The summed E-state index contributed by atoms with van der Waals surface area (Å²) in [6.45, 7) is 0.505. The number of ether oxygens (including phenoxy) is 3. The summed E-state index contributed by atoms with van der Waals surface area (Å²) in [6, 6.07) is 19.1. The third-order valence-corrected chi connectivity index (χ3v) is 5.64. The quantitative estimate of drug-likeness (QED) is 0.477. The number of aliphatic hydroxyl groups is 1. The van der Waals surface area contributed by atoms with Gasteiger partial charge in [-0.25, -0.2) is 9.48 Å². The fourth-order valence-corrected chi connectivity index (χ4v) is 3.70. The number of benzene rings is 2. The molecule has 8 nitrogen and oxygen atoms in total. The first-order valence-electron chi connectivity index (χ1n) is 11.0. The van der Waals surface area contributed by atoms with Gasteiger partial charge in [0, 0.05) is 12.1 Å². The first-order chi connectivity index (χ1) is 16.2. The Morgan fingerprint density at radius 1 is 1.00 bits per heavy atom. The summed E-state index contributed by atoms with van der Waals surface area (Å²) in [5.74, 6) is -0.0240. The lowest BCUT2D eigenvalue weighted by Crippen LogP contribution is -2.33. The van der Waals surface area contributed by atoms with Crippen LogP contribution in [0.1, 0.15) is 35.6 Å². The Kier molecular flexibility index (Phi) is 6.08. The molecule has 0 saturated heterocycles. The number of esters is 1. The van der Waals surface area contributed by atoms with Crippen LogP contribution < -0.4 is 0 Å². The van der Waals surface area contributed by atoms with Gasteiger partial charge in [0.25, 0.3) is 0 Å². The van der Waals surface area contributed by atoms with E-state index in [0.717, 1.165) is 29.7 Å². The van der Waals surface area contributed by atoms with Crippen LogP contribution in [0.3, 0.4) is 0 Å². The van der Waals surface area contributed by atoms with Crippen LogP contribution in [0, 0.1) is 0 Å². The van der Waals surface area contributed by atoms with Crippen LogP contribution in [0.2, 0.25) is 0 Å². The van der Waals surface area contributed by atoms with Crippen molar-refractivity contribution in [3.63, 3.8) is 0 Å². The molecule has 33 heavy (non-hydrogen) atoms. The number of hydrogen-bond acceptors (Lipinski definition) is 7. The van der Waals surface area contributed by atoms with Crippen molar-refractivity contribution in [3.8, 4) is 0 Å². The van der Waals surface area contributed by atoms with Crippen LogP contribution in [-0.2, 0) is 38.8 Å². The van der Waals surface area contributed by atoms with E-state index in [9.17, 15) is 9.90 Å². The van der Waals surface area contributed by atoms with Gasteiger partial charge in [0.05, 0.1) is 12.2 Å². The largest absolute Gasteiger partial charge is 0.485 e. The van der Waals surface area contributed by atoms with E-state index in [1.165, 1.54) is 0 Å². The van der Waals surface area contributed by atoms with E-state index >= 15 is 0 Å². The van der Waals surface area contributed by atoms with Crippen molar-refractivity contribution < 1.29 is 24.1 Å². The van der Waals surface area contributed by atoms with E-state index in [0.29, 0.717) is 5.92 Å². The minimum absolute atomic E-state index is 0.0175. The highest BCUT2D eigenvalue weighted by Gasteiger charge is 2.42. The molecule has 2 aliphatic rings. The highest BCUT2D eigenvalue weighted by atomic mass is 16.6. The summed E-state index contributed by atoms with van der Waals surface area (Å²) in [7, 11) is 0. The molecule has 1 aromatic heterocycles. The molecule has 1 saturated carbocycles. The zero-order valence-corrected chi connectivity index (χ0v) is 18.0. The molecule has 2 heterocycles. The summed E-state index contributed by atoms with van der Waals surface area (Å²) < 4.78 is 18.9. The van der Waals surface area contributed by atoms with E-state index in [4.69, 9.17) is 14.2 Å². The average Bonchev–Trinajstić information content (AvgIpc) is 3.51. The van der Waals surface area contributed by atoms with Gasteiger partial charge in [0.1, 0.15) is 19.3 Å². The number of carbonyl (C=O) groups is 1. The van der Waals surface area contributed by atoms with Gasteiger partial charge in [0.2, 0.25) is 5.76 Å². The van der Waals surface area contributed by atoms with Crippen molar-refractivity contribution in [1.82, 2.24) is 15.0 Å². The van der Waals surface area contributed by atoms with Gasteiger partial charge in [-0.05, 0) is 24.0 Å². The molecule has 170 valence electrons. The molecule has 1 aliphatic heterocycles. The van der Waals surface area contributed by atoms with Crippen molar-refractivity contribution in [3.05, 3.63) is 95.2 Å². The fourth-order valence-electron chi connectivity index (χ4n) is 3.70. The summed E-state index contributed by atoms with van der Waals surface area (Å²) in [5.41, 5.74) is 2.75. The maximum atomic E-state index is 12.7. The molecule has 5 rings (SSSR count). The normalized spacial score (nSPS) is 18.8. The van der Waals surface area contributed by atoms with Crippen molar-refractivity contribution in [1.29, 1.82) is 0 Å². The summed E-state index contributed by atoms with van der Waals surface area (Å²) >= 11 is 0. The van der Waals surface area contributed by atoms with Gasteiger partial charge >= 0.3 is 5.97 Å². The number of aromatic nitrogens is 3. The van der Waals surface area contributed by atoms with Crippen molar-refractivity contribution in [2.45, 2.75) is 50.7 Å². The van der Waals surface area contributed by atoms with E-state index in [2.05, 4.69) is 10.3 Å². The Labute approximate surface area is 191 Å². The smallest absolute Gasteiger partial charge is 0.378 e.